The van der Waals surface area contributed by atoms with Crippen molar-refractivity contribution in [3.05, 3.63) is 47.8 Å². The third kappa shape index (κ3) is 4.73. The predicted molar refractivity (Wildman–Crippen MR) is 102 cm³/mol. The quantitative estimate of drug-likeness (QED) is 0.626. The minimum absolute atomic E-state index is 0.0872. The van der Waals surface area contributed by atoms with Gasteiger partial charge in [0.25, 0.3) is 0 Å². The van der Waals surface area contributed by atoms with Crippen molar-refractivity contribution in [3.63, 3.8) is 0 Å². The number of hydrogen-bond acceptors (Lipinski definition) is 1. The van der Waals surface area contributed by atoms with Crippen LogP contribution in [0.1, 0.15) is 74.8 Å². The molecule has 0 aromatic heterocycles. The number of benzene rings is 1. The standard InChI is InChI=1S/C23H33FO/c1-2-17-5-7-18(8-6-17)19-9-11-20(12-10-19)22-14-13-21(4-3-15-25)23(24)16-22/h2,13-14,16-20,25H,1,3-12,15H2. The van der Waals surface area contributed by atoms with E-state index >= 15 is 0 Å². The van der Waals surface area contributed by atoms with E-state index in [-0.39, 0.29) is 12.4 Å². The van der Waals surface area contributed by atoms with E-state index in [1.807, 2.05) is 6.07 Å². The van der Waals surface area contributed by atoms with Gasteiger partial charge >= 0.3 is 0 Å². The van der Waals surface area contributed by atoms with Gasteiger partial charge in [-0.05, 0) is 105 Å². The Morgan fingerprint density at radius 2 is 1.64 bits per heavy atom. The van der Waals surface area contributed by atoms with Gasteiger partial charge in [-0.1, -0.05) is 18.2 Å². The topological polar surface area (TPSA) is 20.2 Å². The molecule has 1 N–H and O–H groups in total. The Bertz CT molecular complexity index is 551. The zero-order valence-electron chi connectivity index (χ0n) is 15.4. The molecule has 3 rings (SSSR count). The molecule has 1 nitrogen and oxygen atoms in total. The first-order valence-electron chi connectivity index (χ1n) is 10.2. The van der Waals surface area contributed by atoms with E-state index in [4.69, 9.17) is 5.11 Å². The predicted octanol–water partition coefficient (Wildman–Crippen LogP) is 6.02. The van der Waals surface area contributed by atoms with E-state index in [1.165, 1.54) is 56.9 Å². The zero-order chi connectivity index (χ0) is 17.6. The van der Waals surface area contributed by atoms with Gasteiger partial charge in [-0.2, -0.15) is 0 Å². The van der Waals surface area contributed by atoms with Crippen molar-refractivity contribution >= 4 is 0 Å². The molecule has 0 atom stereocenters. The van der Waals surface area contributed by atoms with Crippen LogP contribution in [0, 0.1) is 23.6 Å². The van der Waals surface area contributed by atoms with Crippen molar-refractivity contribution in [2.24, 2.45) is 17.8 Å². The lowest BCUT2D eigenvalue weighted by molar-refractivity contribution is 0.171. The van der Waals surface area contributed by atoms with E-state index < -0.39 is 0 Å². The molecule has 25 heavy (non-hydrogen) atoms. The van der Waals surface area contributed by atoms with Gasteiger partial charge in [0, 0.05) is 6.61 Å². The van der Waals surface area contributed by atoms with Crippen molar-refractivity contribution in [1.82, 2.24) is 0 Å². The normalized spacial score (nSPS) is 30.2. The molecule has 0 saturated heterocycles. The van der Waals surface area contributed by atoms with E-state index in [1.54, 1.807) is 6.07 Å². The maximum Gasteiger partial charge on any atom is 0.126 e. The first kappa shape index (κ1) is 18.6. The van der Waals surface area contributed by atoms with Gasteiger partial charge < -0.3 is 5.11 Å². The van der Waals surface area contributed by atoms with Crippen LogP contribution in [0.2, 0.25) is 0 Å². The van der Waals surface area contributed by atoms with Crippen LogP contribution in [0.3, 0.4) is 0 Å². The van der Waals surface area contributed by atoms with Gasteiger partial charge in [0.05, 0.1) is 0 Å². The molecule has 0 aliphatic heterocycles. The Hall–Kier alpha value is -1.15. The minimum Gasteiger partial charge on any atom is -0.396 e. The molecule has 0 unspecified atom stereocenters. The molecule has 2 aliphatic carbocycles. The molecule has 0 radical (unpaired) electrons. The average Bonchev–Trinajstić information content (AvgIpc) is 2.67. The van der Waals surface area contributed by atoms with Gasteiger partial charge in [-0.25, -0.2) is 4.39 Å². The van der Waals surface area contributed by atoms with Crippen molar-refractivity contribution in [2.45, 2.75) is 70.1 Å². The fourth-order valence-corrected chi connectivity index (χ4v) is 5.07. The number of hydrogen-bond donors (Lipinski definition) is 1. The molecule has 1 aromatic rings. The summed E-state index contributed by atoms with van der Waals surface area (Å²) < 4.78 is 14.3. The summed E-state index contributed by atoms with van der Waals surface area (Å²) in [5.41, 5.74) is 1.92. The second-order valence-corrected chi connectivity index (χ2v) is 8.20. The second kappa shape index (κ2) is 8.98. The van der Waals surface area contributed by atoms with Crippen molar-refractivity contribution in [3.8, 4) is 0 Å². The smallest absolute Gasteiger partial charge is 0.126 e. The molecule has 2 aliphatic rings. The van der Waals surface area contributed by atoms with Gasteiger partial charge in [0.15, 0.2) is 0 Å². The summed E-state index contributed by atoms with van der Waals surface area (Å²) in [5.74, 6) is 2.99. The zero-order valence-corrected chi connectivity index (χ0v) is 15.4. The number of aliphatic hydroxyl groups excluding tert-OH is 1. The van der Waals surface area contributed by atoms with Crippen LogP contribution in [0.25, 0.3) is 0 Å². The number of aliphatic hydroxyl groups is 1. The lowest BCUT2D eigenvalue weighted by Crippen LogP contribution is -2.25. The Balaban J connectivity index is 1.52. The summed E-state index contributed by atoms with van der Waals surface area (Å²) in [6.07, 6.45) is 13.8. The van der Waals surface area contributed by atoms with Crippen LogP contribution in [0.15, 0.2) is 30.9 Å². The summed E-state index contributed by atoms with van der Waals surface area (Å²) in [6, 6.07) is 5.81. The fraction of sp³-hybridized carbons (Fsp3) is 0.652. The Kier molecular flexibility index (Phi) is 6.70. The number of rotatable bonds is 6. The molecule has 0 heterocycles. The number of halogens is 1. The highest BCUT2D eigenvalue weighted by Gasteiger charge is 2.30. The Morgan fingerprint density at radius 3 is 2.20 bits per heavy atom. The fourth-order valence-electron chi connectivity index (χ4n) is 5.07. The van der Waals surface area contributed by atoms with E-state index in [2.05, 4.69) is 18.7 Å². The summed E-state index contributed by atoms with van der Waals surface area (Å²) in [6.45, 7) is 4.08. The lowest BCUT2D eigenvalue weighted by atomic mass is 9.68. The number of allylic oxidation sites excluding steroid dienone is 1. The lowest BCUT2D eigenvalue weighted by Gasteiger charge is -2.37. The van der Waals surface area contributed by atoms with Gasteiger partial charge in [-0.3, -0.25) is 0 Å². The highest BCUT2D eigenvalue weighted by atomic mass is 19.1. The van der Waals surface area contributed by atoms with Gasteiger partial charge in [-0.15, -0.1) is 6.58 Å². The van der Waals surface area contributed by atoms with Gasteiger partial charge in [0.2, 0.25) is 0 Å². The average molecular weight is 345 g/mol. The van der Waals surface area contributed by atoms with Crippen LogP contribution in [-0.4, -0.2) is 11.7 Å². The van der Waals surface area contributed by atoms with Crippen LogP contribution in [0.4, 0.5) is 4.39 Å². The summed E-state index contributed by atoms with van der Waals surface area (Å²) in [4.78, 5) is 0. The van der Waals surface area contributed by atoms with Gasteiger partial charge in [0.1, 0.15) is 5.82 Å². The summed E-state index contributed by atoms with van der Waals surface area (Å²) in [7, 11) is 0. The Labute approximate surface area is 152 Å². The first-order chi connectivity index (χ1) is 12.2. The molecule has 138 valence electrons. The Morgan fingerprint density at radius 1 is 1.00 bits per heavy atom. The largest absolute Gasteiger partial charge is 0.396 e. The molecule has 1 aromatic carbocycles. The van der Waals surface area contributed by atoms with Crippen LogP contribution >= 0.6 is 0 Å². The molecular weight excluding hydrogens is 311 g/mol. The maximum absolute atomic E-state index is 14.3. The van der Waals surface area contributed by atoms with E-state index in [0.29, 0.717) is 18.8 Å². The SMILES string of the molecule is C=CC1CCC(C2CCC(c3ccc(CCCO)c(F)c3)CC2)CC1. The van der Waals surface area contributed by atoms with E-state index in [9.17, 15) is 4.39 Å². The summed E-state index contributed by atoms with van der Waals surface area (Å²) >= 11 is 0. The van der Waals surface area contributed by atoms with E-state index in [0.717, 1.165) is 23.3 Å². The molecule has 2 heteroatoms. The summed E-state index contributed by atoms with van der Waals surface area (Å²) in [5, 5.41) is 8.91. The van der Waals surface area contributed by atoms with Crippen LogP contribution in [0.5, 0.6) is 0 Å². The minimum atomic E-state index is -0.0872. The first-order valence-corrected chi connectivity index (χ1v) is 10.2. The third-order valence-electron chi connectivity index (χ3n) is 6.74. The highest BCUT2D eigenvalue weighted by Crippen LogP contribution is 2.44. The van der Waals surface area contributed by atoms with Crippen LogP contribution < -0.4 is 0 Å². The monoisotopic (exact) mass is 344 g/mol. The molecule has 0 spiro atoms. The molecule has 2 saturated carbocycles. The van der Waals surface area contributed by atoms with Crippen molar-refractivity contribution in [2.75, 3.05) is 6.61 Å². The van der Waals surface area contributed by atoms with Crippen molar-refractivity contribution < 1.29 is 9.50 Å². The molecular formula is C23H33FO. The number of aryl methyl sites for hydroxylation is 1. The maximum atomic E-state index is 14.3. The molecule has 0 bridgehead atoms. The third-order valence-corrected chi connectivity index (χ3v) is 6.74. The highest BCUT2D eigenvalue weighted by molar-refractivity contribution is 5.27. The molecule has 0 amide bonds. The van der Waals surface area contributed by atoms with Crippen molar-refractivity contribution in [1.29, 1.82) is 0 Å². The van der Waals surface area contributed by atoms with Crippen LogP contribution in [-0.2, 0) is 6.42 Å². The second-order valence-electron chi connectivity index (χ2n) is 8.20. The molecule has 2 fully saturated rings.